The van der Waals surface area contributed by atoms with Gasteiger partial charge in [0.25, 0.3) is 0 Å². The molecule has 0 aliphatic rings. The van der Waals surface area contributed by atoms with Gasteiger partial charge in [0.2, 0.25) is 5.91 Å². The van der Waals surface area contributed by atoms with Crippen molar-refractivity contribution in [3.63, 3.8) is 0 Å². The summed E-state index contributed by atoms with van der Waals surface area (Å²) in [6.45, 7) is 2.19. The largest absolute Gasteiger partial charge is 0.416 e. The lowest BCUT2D eigenvalue weighted by Gasteiger charge is -2.11. The molecule has 0 bridgehead atoms. The van der Waals surface area contributed by atoms with Gasteiger partial charge >= 0.3 is 6.18 Å². The standard InChI is InChI=1S/C20H15ClF3N3O/c1-2-27-17-9-13(20(22,23)24)5-8-15(17)16(11-25)19(27)12-3-6-14(7-4-12)26-18(28)10-21/h3-9H,2,10H2,1H3,(H,26,28). The van der Waals surface area contributed by atoms with Crippen molar-refractivity contribution in [3.8, 4) is 17.3 Å². The molecule has 1 N–H and O–H groups in total. The van der Waals surface area contributed by atoms with Gasteiger partial charge in [0.05, 0.1) is 22.3 Å². The first kappa shape index (κ1) is 19.8. The van der Waals surface area contributed by atoms with Crippen molar-refractivity contribution in [2.45, 2.75) is 19.6 Å². The molecular formula is C20H15ClF3N3O. The number of alkyl halides is 4. The Morgan fingerprint density at radius 1 is 1.21 bits per heavy atom. The van der Waals surface area contributed by atoms with Crippen molar-refractivity contribution in [1.29, 1.82) is 5.26 Å². The minimum Gasteiger partial charge on any atom is -0.340 e. The van der Waals surface area contributed by atoms with Gasteiger partial charge < -0.3 is 9.88 Å². The van der Waals surface area contributed by atoms with Crippen LogP contribution < -0.4 is 5.32 Å². The Labute approximate surface area is 164 Å². The lowest BCUT2D eigenvalue weighted by atomic mass is 10.0. The van der Waals surface area contributed by atoms with E-state index < -0.39 is 11.7 Å². The summed E-state index contributed by atoms with van der Waals surface area (Å²) in [5, 5.41) is 12.7. The Bertz CT molecular complexity index is 1080. The number of carbonyl (C=O) groups excluding carboxylic acids is 1. The zero-order chi connectivity index (χ0) is 20.5. The quantitative estimate of drug-likeness (QED) is 0.591. The van der Waals surface area contributed by atoms with Crippen molar-refractivity contribution in [3.05, 3.63) is 53.6 Å². The third kappa shape index (κ3) is 3.56. The molecule has 2 aromatic carbocycles. The minimum absolute atomic E-state index is 0.175. The van der Waals surface area contributed by atoms with E-state index in [2.05, 4.69) is 11.4 Å². The van der Waals surface area contributed by atoms with E-state index in [0.717, 1.165) is 12.1 Å². The van der Waals surface area contributed by atoms with Gasteiger partial charge in [-0.25, -0.2) is 0 Å². The minimum atomic E-state index is -4.47. The first-order valence-electron chi connectivity index (χ1n) is 8.40. The van der Waals surface area contributed by atoms with Crippen LogP contribution in [0.5, 0.6) is 0 Å². The van der Waals surface area contributed by atoms with Crippen molar-refractivity contribution in [2.75, 3.05) is 11.2 Å². The van der Waals surface area contributed by atoms with Gasteiger partial charge in [0, 0.05) is 17.6 Å². The monoisotopic (exact) mass is 405 g/mol. The number of fused-ring (bicyclic) bond motifs is 1. The van der Waals surface area contributed by atoms with E-state index in [1.165, 1.54) is 6.07 Å². The molecule has 1 aromatic heterocycles. The van der Waals surface area contributed by atoms with Crippen LogP contribution in [0.2, 0.25) is 0 Å². The van der Waals surface area contributed by atoms with E-state index in [1.54, 1.807) is 35.8 Å². The third-order valence-electron chi connectivity index (χ3n) is 4.38. The molecule has 3 aromatic rings. The molecule has 4 nitrogen and oxygen atoms in total. The average Bonchev–Trinajstić information content (AvgIpc) is 3.00. The van der Waals surface area contributed by atoms with E-state index in [0.29, 0.717) is 40.0 Å². The van der Waals surface area contributed by atoms with Gasteiger partial charge in [-0.3, -0.25) is 4.79 Å². The van der Waals surface area contributed by atoms with Crippen molar-refractivity contribution in [2.24, 2.45) is 0 Å². The molecule has 28 heavy (non-hydrogen) atoms. The smallest absolute Gasteiger partial charge is 0.340 e. The number of hydrogen-bond donors (Lipinski definition) is 1. The molecule has 0 radical (unpaired) electrons. The van der Waals surface area contributed by atoms with Gasteiger partial charge in [0.1, 0.15) is 11.9 Å². The molecule has 0 fully saturated rings. The average molecular weight is 406 g/mol. The number of aryl methyl sites for hydroxylation is 1. The van der Waals surface area contributed by atoms with Gasteiger partial charge in [-0.15, -0.1) is 11.6 Å². The summed E-state index contributed by atoms with van der Waals surface area (Å²) in [4.78, 5) is 11.4. The van der Waals surface area contributed by atoms with Crippen LogP contribution in [0.3, 0.4) is 0 Å². The van der Waals surface area contributed by atoms with E-state index in [-0.39, 0.29) is 11.8 Å². The predicted octanol–water partition coefficient (Wildman–Crippen LogP) is 5.40. The highest BCUT2D eigenvalue weighted by Gasteiger charge is 2.31. The van der Waals surface area contributed by atoms with Crippen LogP contribution >= 0.6 is 11.6 Å². The third-order valence-corrected chi connectivity index (χ3v) is 4.63. The second-order valence-corrected chi connectivity index (χ2v) is 6.34. The molecule has 1 amide bonds. The summed E-state index contributed by atoms with van der Waals surface area (Å²) in [6.07, 6.45) is -4.47. The maximum absolute atomic E-state index is 13.1. The maximum atomic E-state index is 13.1. The highest BCUT2D eigenvalue weighted by molar-refractivity contribution is 6.29. The fourth-order valence-corrected chi connectivity index (χ4v) is 3.24. The lowest BCUT2D eigenvalue weighted by Crippen LogP contribution is -2.12. The number of nitriles is 1. The van der Waals surface area contributed by atoms with E-state index in [9.17, 15) is 23.2 Å². The number of nitrogens with one attached hydrogen (secondary N) is 1. The zero-order valence-electron chi connectivity index (χ0n) is 14.8. The molecule has 144 valence electrons. The summed E-state index contributed by atoms with van der Waals surface area (Å²) in [6, 6.07) is 12.2. The molecule has 3 rings (SSSR count). The molecule has 0 saturated carbocycles. The molecule has 0 aliphatic carbocycles. The number of hydrogen-bond acceptors (Lipinski definition) is 2. The summed E-state index contributed by atoms with van der Waals surface area (Å²) in [5.41, 5.74) is 1.63. The van der Waals surface area contributed by atoms with Crippen molar-refractivity contribution in [1.82, 2.24) is 4.57 Å². The molecule has 1 heterocycles. The molecule has 0 atom stereocenters. The lowest BCUT2D eigenvalue weighted by molar-refractivity contribution is -0.137. The van der Waals surface area contributed by atoms with Crippen LogP contribution in [0.25, 0.3) is 22.2 Å². The Hall–Kier alpha value is -2.98. The normalized spacial score (nSPS) is 11.4. The number of benzene rings is 2. The summed E-state index contributed by atoms with van der Waals surface area (Å²) in [5.74, 6) is -0.527. The molecule has 0 aliphatic heterocycles. The van der Waals surface area contributed by atoms with Crippen LogP contribution in [0, 0.1) is 11.3 Å². The molecule has 0 spiro atoms. The molecule has 8 heteroatoms. The molecule has 0 saturated heterocycles. The van der Waals surface area contributed by atoms with Gasteiger partial charge in [-0.05, 0) is 36.8 Å². The highest BCUT2D eigenvalue weighted by atomic mass is 35.5. The number of nitrogens with zero attached hydrogens (tertiary/aromatic N) is 2. The number of rotatable bonds is 4. The fourth-order valence-electron chi connectivity index (χ4n) is 3.17. The number of anilines is 1. The van der Waals surface area contributed by atoms with Crippen LogP contribution in [0.1, 0.15) is 18.1 Å². The number of aromatic nitrogens is 1. The second kappa shape index (κ2) is 7.56. The summed E-state index contributed by atoms with van der Waals surface area (Å²) < 4.78 is 41.1. The van der Waals surface area contributed by atoms with Gasteiger partial charge in [0.15, 0.2) is 0 Å². The predicted molar refractivity (Wildman–Crippen MR) is 102 cm³/mol. The van der Waals surface area contributed by atoms with Gasteiger partial charge in [-0.2, -0.15) is 18.4 Å². The van der Waals surface area contributed by atoms with Crippen LogP contribution in [0.15, 0.2) is 42.5 Å². The topological polar surface area (TPSA) is 57.8 Å². The van der Waals surface area contributed by atoms with E-state index in [1.807, 2.05) is 0 Å². The van der Waals surface area contributed by atoms with Crippen molar-refractivity contribution < 1.29 is 18.0 Å². The SMILES string of the molecule is CCn1c(-c2ccc(NC(=O)CCl)cc2)c(C#N)c2ccc(C(F)(F)F)cc21. The van der Waals surface area contributed by atoms with Crippen LogP contribution in [-0.4, -0.2) is 16.4 Å². The number of amides is 1. The Morgan fingerprint density at radius 2 is 1.89 bits per heavy atom. The number of carbonyl (C=O) groups is 1. The van der Waals surface area contributed by atoms with Crippen molar-refractivity contribution >= 4 is 34.1 Å². The molecule has 0 unspecified atom stereocenters. The van der Waals surface area contributed by atoms with Crippen LogP contribution in [0.4, 0.5) is 18.9 Å². The molecular weight excluding hydrogens is 391 g/mol. The fraction of sp³-hybridized carbons (Fsp3) is 0.200. The number of halogens is 4. The van der Waals surface area contributed by atoms with Gasteiger partial charge in [-0.1, -0.05) is 18.2 Å². The zero-order valence-corrected chi connectivity index (χ0v) is 15.5. The maximum Gasteiger partial charge on any atom is 0.416 e. The van der Waals surface area contributed by atoms with Crippen LogP contribution in [-0.2, 0) is 17.5 Å². The first-order valence-corrected chi connectivity index (χ1v) is 8.93. The second-order valence-electron chi connectivity index (χ2n) is 6.07. The Balaban J connectivity index is 2.17. The van der Waals surface area contributed by atoms with E-state index in [4.69, 9.17) is 11.6 Å². The van der Waals surface area contributed by atoms with E-state index >= 15 is 0 Å². The Kier molecular flexibility index (Phi) is 5.34. The summed E-state index contributed by atoms with van der Waals surface area (Å²) in [7, 11) is 0. The Morgan fingerprint density at radius 3 is 2.43 bits per heavy atom. The first-order chi connectivity index (χ1) is 13.3. The highest BCUT2D eigenvalue weighted by Crippen LogP contribution is 2.37. The summed E-state index contributed by atoms with van der Waals surface area (Å²) >= 11 is 5.47.